The predicted octanol–water partition coefficient (Wildman–Crippen LogP) is 1.60. The van der Waals surface area contributed by atoms with Crippen molar-refractivity contribution in [2.45, 2.75) is 26.2 Å². The Morgan fingerprint density at radius 2 is 1.94 bits per heavy atom. The van der Waals surface area contributed by atoms with Gasteiger partial charge < -0.3 is 26.5 Å². The van der Waals surface area contributed by atoms with E-state index < -0.39 is 12.1 Å². The van der Waals surface area contributed by atoms with Gasteiger partial charge in [-0.15, -0.1) is 0 Å². The Morgan fingerprint density at radius 1 is 1.29 bits per heavy atom. The molecule has 0 unspecified atom stereocenters. The summed E-state index contributed by atoms with van der Waals surface area (Å²) in [6.07, 6.45) is 3.85. The van der Waals surface area contributed by atoms with Crippen molar-refractivity contribution in [2.75, 3.05) is 10.6 Å². The van der Waals surface area contributed by atoms with Crippen molar-refractivity contribution in [3.8, 4) is 0 Å². The minimum absolute atomic E-state index is 0.308. The summed E-state index contributed by atoms with van der Waals surface area (Å²) in [5, 5.41) is 4.76. The summed E-state index contributed by atoms with van der Waals surface area (Å²) in [6.45, 7) is 2.03. The fraction of sp³-hybridized carbons (Fsp3) is 0.400. The first-order chi connectivity index (χ1) is 8.04. The highest BCUT2D eigenvalue weighted by molar-refractivity contribution is 5.98. The number of furan rings is 1. The third-order valence-corrected chi connectivity index (χ3v) is 2.13. The summed E-state index contributed by atoms with van der Waals surface area (Å²) in [7, 11) is 0. The minimum atomic E-state index is -0.736. The molecule has 0 radical (unpaired) electrons. The normalized spacial score (nSPS) is 9.94. The van der Waals surface area contributed by atoms with Crippen molar-refractivity contribution in [3.05, 3.63) is 12.0 Å². The number of anilines is 2. The molecular formula is C10H16N4O3. The van der Waals surface area contributed by atoms with Crippen LogP contribution in [0.25, 0.3) is 0 Å². The van der Waals surface area contributed by atoms with Crippen LogP contribution in [-0.4, -0.2) is 12.1 Å². The Labute approximate surface area is 98.5 Å². The highest BCUT2D eigenvalue weighted by Crippen LogP contribution is 2.29. The van der Waals surface area contributed by atoms with E-state index in [0.29, 0.717) is 23.6 Å². The maximum atomic E-state index is 10.9. The number of nitrogens with one attached hydrogen (secondary N) is 2. The van der Waals surface area contributed by atoms with Gasteiger partial charge in [0.2, 0.25) is 0 Å². The van der Waals surface area contributed by atoms with Gasteiger partial charge >= 0.3 is 12.1 Å². The molecule has 0 saturated carbocycles. The number of unbranched alkanes of at least 4 members (excludes halogenated alkanes) is 1. The lowest BCUT2D eigenvalue weighted by Gasteiger charge is -2.05. The molecule has 1 aromatic rings. The Kier molecular flexibility index (Phi) is 4.38. The zero-order valence-corrected chi connectivity index (χ0v) is 9.58. The summed E-state index contributed by atoms with van der Waals surface area (Å²) < 4.78 is 5.26. The topological polar surface area (TPSA) is 123 Å². The second-order valence-electron chi connectivity index (χ2n) is 3.53. The van der Waals surface area contributed by atoms with Crippen molar-refractivity contribution in [1.29, 1.82) is 0 Å². The number of urea groups is 2. The lowest BCUT2D eigenvalue weighted by Crippen LogP contribution is -2.23. The van der Waals surface area contributed by atoms with E-state index in [1.165, 1.54) is 6.26 Å². The summed E-state index contributed by atoms with van der Waals surface area (Å²) in [5.41, 5.74) is 10.7. The average Bonchev–Trinajstić information content (AvgIpc) is 2.57. The van der Waals surface area contributed by atoms with Gasteiger partial charge in [0.25, 0.3) is 0 Å². The van der Waals surface area contributed by atoms with E-state index in [2.05, 4.69) is 10.6 Å². The van der Waals surface area contributed by atoms with Gasteiger partial charge in [0.1, 0.15) is 23.4 Å². The smallest absolute Gasteiger partial charge is 0.316 e. The Balaban J connectivity index is 2.92. The van der Waals surface area contributed by atoms with E-state index in [-0.39, 0.29) is 0 Å². The maximum Gasteiger partial charge on any atom is 0.316 e. The summed E-state index contributed by atoms with van der Waals surface area (Å²) in [5.74, 6) is 0.564. The van der Waals surface area contributed by atoms with Gasteiger partial charge in [0, 0.05) is 6.42 Å². The number of hydrogen-bond acceptors (Lipinski definition) is 3. The second kappa shape index (κ2) is 5.78. The van der Waals surface area contributed by atoms with Gasteiger partial charge in [-0.1, -0.05) is 13.3 Å². The lowest BCUT2D eigenvalue weighted by molar-refractivity contribution is 0.258. The third kappa shape index (κ3) is 3.71. The lowest BCUT2D eigenvalue weighted by atomic mass is 10.2. The van der Waals surface area contributed by atoms with Crippen LogP contribution < -0.4 is 22.1 Å². The molecule has 17 heavy (non-hydrogen) atoms. The highest BCUT2D eigenvalue weighted by Gasteiger charge is 2.15. The Morgan fingerprint density at radius 3 is 2.47 bits per heavy atom. The van der Waals surface area contributed by atoms with Crippen molar-refractivity contribution in [1.82, 2.24) is 0 Å². The van der Waals surface area contributed by atoms with E-state index in [4.69, 9.17) is 15.9 Å². The van der Waals surface area contributed by atoms with Gasteiger partial charge in [-0.25, -0.2) is 9.59 Å². The molecule has 1 rings (SSSR count). The molecule has 0 spiro atoms. The van der Waals surface area contributed by atoms with Crippen LogP contribution in [0.5, 0.6) is 0 Å². The summed E-state index contributed by atoms with van der Waals surface area (Å²) >= 11 is 0. The molecule has 1 heterocycles. The van der Waals surface area contributed by atoms with Gasteiger partial charge in [-0.2, -0.15) is 0 Å². The van der Waals surface area contributed by atoms with Gasteiger partial charge in [-0.05, 0) is 6.42 Å². The molecule has 0 bridgehead atoms. The molecule has 6 N–H and O–H groups in total. The van der Waals surface area contributed by atoms with Crippen molar-refractivity contribution in [3.63, 3.8) is 0 Å². The number of rotatable bonds is 5. The van der Waals surface area contributed by atoms with Crippen LogP contribution in [0.4, 0.5) is 21.0 Å². The van der Waals surface area contributed by atoms with Crippen LogP contribution >= 0.6 is 0 Å². The van der Waals surface area contributed by atoms with E-state index in [9.17, 15) is 9.59 Å². The average molecular weight is 240 g/mol. The van der Waals surface area contributed by atoms with Gasteiger partial charge in [-0.3, -0.25) is 0 Å². The quantitative estimate of drug-likeness (QED) is 0.624. The van der Waals surface area contributed by atoms with Crippen LogP contribution in [0.1, 0.15) is 25.5 Å². The van der Waals surface area contributed by atoms with Crippen LogP contribution in [0.15, 0.2) is 10.7 Å². The van der Waals surface area contributed by atoms with Gasteiger partial charge in [0.05, 0.1) is 0 Å². The van der Waals surface area contributed by atoms with E-state index in [0.717, 1.165) is 12.8 Å². The third-order valence-electron chi connectivity index (χ3n) is 2.13. The first-order valence-corrected chi connectivity index (χ1v) is 5.27. The first kappa shape index (κ1) is 12.9. The molecule has 94 valence electrons. The van der Waals surface area contributed by atoms with Crippen molar-refractivity contribution < 1.29 is 14.0 Å². The fourth-order valence-electron chi connectivity index (χ4n) is 1.40. The monoisotopic (exact) mass is 240 g/mol. The number of primary amides is 2. The summed E-state index contributed by atoms with van der Waals surface area (Å²) in [6, 6.07) is -1.46. The Bertz CT molecular complexity index is 414. The molecule has 4 amide bonds. The molecule has 0 aromatic carbocycles. The molecule has 7 nitrogen and oxygen atoms in total. The Hall–Kier alpha value is -2.18. The summed E-state index contributed by atoms with van der Waals surface area (Å²) in [4.78, 5) is 21.6. The fourth-order valence-corrected chi connectivity index (χ4v) is 1.40. The number of amides is 4. The van der Waals surface area contributed by atoms with Crippen LogP contribution in [0.3, 0.4) is 0 Å². The number of hydrogen-bond donors (Lipinski definition) is 4. The first-order valence-electron chi connectivity index (χ1n) is 5.27. The van der Waals surface area contributed by atoms with Crippen molar-refractivity contribution >= 4 is 23.4 Å². The molecule has 0 aliphatic heterocycles. The minimum Gasteiger partial charge on any atom is -0.465 e. The SMILES string of the molecule is CCCCc1occ(NC(N)=O)c1NC(N)=O. The molecule has 1 aromatic heterocycles. The molecule has 0 saturated heterocycles. The maximum absolute atomic E-state index is 10.9. The zero-order valence-electron chi connectivity index (χ0n) is 9.58. The number of aryl methyl sites for hydroxylation is 1. The largest absolute Gasteiger partial charge is 0.465 e. The predicted molar refractivity (Wildman–Crippen MR) is 63.7 cm³/mol. The van der Waals surface area contributed by atoms with E-state index in [1.807, 2.05) is 6.92 Å². The second-order valence-corrected chi connectivity index (χ2v) is 3.53. The van der Waals surface area contributed by atoms with Crippen LogP contribution in [0.2, 0.25) is 0 Å². The number of nitrogens with two attached hydrogens (primary N) is 2. The molecular weight excluding hydrogens is 224 g/mol. The van der Waals surface area contributed by atoms with Gasteiger partial charge in [0.15, 0.2) is 0 Å². The highest BCUT2D eigenvalue weighted by atomic mass is 16.3. The molecule has 0 aliphatic rings. The van der Waals surface area contributed by atoms with Crippen LogP contribution in [0, 0.1) is 0 Å². The van der Waals surface area contributed by atoms with E-state index in [1.54, 1.807) is 0 Å². The number of carbonyl (C=O) groups excluding carboxylic acids is 2. The standard InChI is InChI=1S/C10H16N4O3/c1-2-3-4-7-8(14-10(12)16)6(5-17-7)13-9(11)15/h5H,2-4H2,1H3,(H3,11,13,15)(H3,12,14,16). The van der Waals surface area contributed by atoms with Crippen molar-refractivity contribution in [2.24, 2.45) is 11.5 Å². The molecule has 0 aliphatic carbocycles. The zero-order chi connectivity index (χ0) is 12.8. The molecule has 0 fully saturated rings. The van der Waals surface area contributed by atoms with E-state index >= 15 is 0 Å². The molecule has 0 atom stereocenters. The molecule has 7 heteroatoms. The number of carbonyl (C=O) groups is 2. The van der Waals surface area contributed by atoms with Crippen LogP contribution in [-0.2, 0) is 6.42 Å².